The molecular weight excluding hydrogens is 430 g/mol. The summed E-state index contributed by atoms with van der Waals surface area (Å²) in [6.45, 7) is 0. The summed E-state index contributed by atoms with van der Waals surface area (Å²) < 4.78 is 82.1. The number of anilines is 1. The van der Waals surface area contributed by atoms with Crippen molar-refractivity contribution in [3.05, 3.63) is 53.8 Å². The summed E-state index contributed by atoms with van der Waals surface area (Å²) in [6.07, 6.45) is -4.25. The third-order valence-electron chi connectivity index (χ3n) is 3.83. The average Bonchev–Trinajstić information content (AvgIpc) is 2.64. The Balaban J connectivity index is 2.40. The number of halogens is 4. The van der Waals surface area contributed by atoms with Crippen LogP contribution in [-0.2, 0) is 20.6 Å². The van der Waals surface area contributed by atoms with E-state index in [1.807, 2.05) is 0 Å². The molecule has 0 aliphatic heterocycles. The Kier molecular flexibility index (Phi) is 5.34. The average molecular weight is 443 g/mol. The molecule has 2 aromatic carbocycles. The first-order valence-electron chi connectivity index (χ1n) is 8.05. The molecule has 0 aliphatic carbocycles. The molecule has 3 N–H and O–H groups in total. The molecule has 158 valence electrons. The zero-order chi connectivity index (χ0) is 22.3. The van der Waals surface area contributed by atoms with Gasteiger partial charge in [-0.25, -0.2) is 4.39 Å². The molecule has 1 heterocycles. The second kappa shape index (κ2) is 7.50. The van der Waals surface area contributed by atoms with E-state index in [0.29, 0.717) is 6.26 Å². The Bertz CT molecular complexity index is 1230. The molecule has 0 saturated heterocycles. The van der Waals surface area contributed by atoms with E-state index in [2.05, 4.69) is 14.5 Å². The van der Waals surface area contributed by atoms with Crippen LogP contribution in [-0.4, -0.2) is 30.8 Å². The van der Waals surface area contributed by atoms with Gasteiger partial charge in [-0.3, -0.25) is 5.41 Å². The van der Waals surface area contributed by atoms with Crippen LogP contribution in [0.2, 0.25) is 0 Å². The van der Waals surface area contributed by atoms with Crippen molar-refractivity contribution in [3.63, 3.8) is 0 Å². The second-order valence-corrected chi connectivity index (χ2v) is 7.62. The van der Waals surface area contributed by atoms with Gasteiger partial charge < -0.3 is 5.73 Å². The Morgan fingerprint density at radius 1 is 1.13 bits per heavy atom. The van der Waals surface area contributed by atoms with Gasteiger partial charge >= 0.3 is 6.18 Å². The van der Waals surface area contributed by atoms with Crippen molar-refractivity contribution in [2.75, 3.05) is 11.3 Å². The highest BCUT2D eigenvalue weighted by Gasteiger charge is 2.36. The van der Waals surface area contributed by atoms with E-state index in [0.717, 1.165) is 24.3 Å². The summed E-state index contributed by atoms with van der Waals surface area (Å²) in [4.78, 5) is 0. The third kappa shape index (κ3) is 4.31. The quantitative estimate of drug-likeness (QED) is 0.275. The van der Waals surface area contributed by atoms with E-state index in [1.165, 1.54) is 18.2 Å². The number of fused-ring (bicyclic) bond motifs is 1. The molecule has 0 spiro atoms. The molecule has 0 amide bonds. The van der Waals surface area contributed by atoms with Crippen molar-refractivity contribution < 1.29 is 30.3 Å². The third-order valence-corrected chi connectivity index (χ3v) is 4.25. The van der Waals surface area contributed by atoms with Gasteiger partial charge in [0.1, 0.15) is 11.5 Å². The number of rotatable bonds is 4. The number of nitrogens with zero attached hydrogens (tertiary/aromatic N) is 3. The number of aromatic nitrogens is 2. The predicted octanol–water partition coefficient (Wildman–Crippen LogP) is 3.05. The number of hydrogen-bond acceptors (Lipinski definition) is 6. The fraction of sp³-hybridized carbons (Fsp3) is 0.118. The van der Waals surface area contributed by atoms with Crippen LogP contribution in [0.15, 0.2) is 42.5 Å². The first kappa shape index (κ1) is 21.4. The predicted molar refractivity (Wildman–Crippen MR) is 100 cm³/mol. The highest BCUT2D eigenvalue weighted by Crippen LogP contribution is 2.41. The van der Waals surface area contributed by atoms with E-state index >= 15 is 0 Å². The molecule has 0 atom stereocenters. The minimum atomic E-state index is -4.87. The van der Waals surface area contributed by atoms with Gasteiger partial charge in [0.25, 0.3) is 10.1 Å². The molecule has 8 nitrogen and oxygen atoms in total. The number of hydroxylamine groups is 1. The lowest BCUT2D eigenvalue weighted by Crippen LogP contribution is -2.39. The highest BCUT2D eigenvalue weighted by atomic mass is 32.2. The van der Waals surface area contributed by atoms with E-state index in [1.54, 1.807) is 0 Å². The Morgan fingerprint density at radius 2 is 1.77 bits per heavy atom. The van der Waals surface area contributed by atoms with Crippen LogP contribution in [0.1, 0.15) is 5.56 Å². The summed E-state index contributed by atoms with van der Waals surface area (Å²) >= 11 is 0. The molecule has 0 unspecified atom stereocenters. The molecule has 3 aromatic rings. The largest absolute Gasteiger partial charge is 0.417 e. The molecule has 0 bridgehead atoms. The lowest BCUT2D eigenvalue weighted by molar-refractivity contribution is -0.136. The lowest BCUT2D eigenvalue weighted by Gasteiger charge is -2.22. The number of nitrogens with one attached hydrogen (secondary N) is 1. The van der Waals surface area contributed by atoms with Crippen molar-refractivity contribution in [2.45, 2.75) is 6.18 Å². The van der Waals surface area contributed by atoms with E-state index in [4.69, 9.17) is 11.1 Å². The number of hydrogen-bond donors (Lipinski definition) is 2. The standard InChI is InChI=1S/C17H13F4N5O3S/c1-30(27,28)29-26(16(22)23)15-13-11(3-2-4-12(13)17(19,20)21)14(24-25-15)9-5-7-10(18)8-6-9/h2-8H,1H3,(H3,22,23). The smallest absolute Gasteiger partial charge is 0.368 e. The molecule has 1 aromatic heterocycles. The van der Waals surface area contributed by atoms with Crippen LogP contribution in [0.4, 0.5) is 23.4 Å². The van der Waals surface area contributed by atoms with Crippen molar-refractivity contribution in [1.29, 1.82) is 5.41 Å². The number of nitrogens with two attached hydrogens (primary N) is 1. The van der Waals surface area contributed by atoms with Crippen LogP contribution in [0.25, 0.3) is 22.0 Å². The molecular formula is C17H13F4N5O3S. The number of alkyl halides is 3. The van der Waals surface area contributed by atoms with Crippen LogP contribution in [0, 0.1) is 11.2 Å². The maximum absolute atomic E-state index is 13.7. The summed E-state index contributed by atoms with van der Waals surface area (Å²) in [6, 6.07) is 7.96. The van der Waals surface area contributed by atoms with Gasteiger partial charge in [0.05, 0.1) is 11.8 Å². The fourth-order valence-corrected chi connectivity index (χ4v) is 3.14. The van der Waals surface area contributed by atoms with Crippen molar-refractivity contribution >= 4 is 32.7 Å². The number of guanidine groups is 1. The van der Waals surface area contributed by atoms with Crippen molar-refractivity contribution in [3.8, 4) is 11.3 Å². The summed E-state index contributed by atoms with van der Waals surface area (Å²) in [5.41, 5.74) is 4.37. The highest BCUT2D eigenvalue weighted by molar-refractivity contribution is 7.86. The van der Waals surface area contributed by atoms with E-state index < -0.39 is 44.8 Å². The maximum Gasteiger partial charge on any atom is 0.417 e. The minimum Gasteiger partial charge on any atom is -0.368 e. The monoisotopic (exact) mass is 443 g/mol. The summed E-state index contributed by atoms with van der Waals surface area (Å²) in [5, 5.41) is 14.5. The Hall–Kier alpha value is -3.32. The van der Waals surface area contributed by atoms with Crippen LogP contribution < -0.4 is 10.8 Å². The van der Waals surface area contributed by atoms with Gasteiger partial charge in [0.15, 0.2) is 5.82 Å². The number of benzene rings is 2. The molecule has 30 heavy (non-hydrogen) atoms. The van der Waals surface area contributed by atoms with Crippen LogP contribution in [0.3, 0.4) is 0 Å². The minimum absolute atomic E-state index is 0.0253. The van der Waals surface area contributed by atoms with Crippen molar-refractivity contribution in [2.24, 2.45) is 5.73 Å². The molecule has 13 heteroatoms. The first-order valence-corrected chi connectivity index (χ1v) is 9.86. The molecule has 0 radical (unpaired) electrons. The van der Waals surface area contributed by atoms with Gasteiger partial charge in [-0.1, -0.05) is 12.1 Å². The fourth-order valence-electron chi connectivity index (χ4n) is 2.72. The zero-order valence-electron chi connectivity index (χ0n) is 15.1. The first-order chi connectivity index (χ1) is 13.9. The molecule has 3 rings (SSSR count). The molecule has 0 saturated carbocycles. The van der Waals surface area contributed by atoms with Gasteiger partial charge in [0, 0.05) is 16.3 Å². The molecule has 0 aliphatic rings. The summed E-state index contributed by atoms with van der Waals surface area (Å²) in [5.74, 6) is -2.35. The Morgan fingerprint density at radius 3 is 2.30 bits per heavy atom. The normalized spacial score (nSPS) is 12.2. The van der Waals surface area contributed by atoms with E-state index in [-0.39, 0.29) is 21.7 Å². The van der Waals surface area contributed by atoms with Gasteiger partial charge in [0.2, 0.25) is 5.96 Å². The maximum atomic E-state index is 13.7. The van der Waals surface area contributed by atoms with Gasteiger partial charge in [-0.2, -0.15) is 21.6 Å². The SMILES string of the molecule is CS(=O)(=O)ON(C(=N)N)c1nnc(-c2ccc(F)cc2)c2cccc(C(F)(F)F)c12. The van der Waals surface area contributed by atoms with Gasteiger partial charge in [-0.15, -0.1) is 19.5 Å². The van der Waals surface area contributed by atoms with Crippen LogP contribution >= 0.6 is 0 Å². The molecule has 0 fully saturated rings. The topological polar surface area (TPSA) is 122 Å². The van der Waals surface area contributed by atoms with Gasteiger partial charge in [-0.05, 0) is 30.3 Å². The Labute approximate surface area is 167 Å². The lowest BCUT2D eigenvalue weighted by atomic mass is 10.0. The van der Waals surface area contributed by atoms with E-state index in [9.17, 15) is 26.0 Å². The van der Waals surface area contributed by atoms with Crippen LogP contribution in [0.5, 0.6) is 0 Å². The van der Waals surface area contributed by atoms with Crippen molar-refractivity contribution in [1.82, 2.24) is 10.2 Å². The summed E-state index contributed by atoms with van der Waals surface area (Å²) in [7, 11) is -4.29. The second-order valence-electron chi connectivity index (χ2n) is 6.06. The zero-order valence-corrected chi connectivity index (χ0v) is 15.9.